The van der Waals surface area contributed by atoms with Crippen molar-refractivity contribution < 1.29 is 33.4 Å². The molecule has 0 saturated heterocycles. The standard InChI is InChI=1S/C37H55N5O7S/c1-11-23(5)32(41-33(44)25(7)38-12-2)36(46)42(9)30(22(3)4)20-31(49-26(8)43)35-40-29(21-50-35)34(45)39-28(18-24(6)37(47)48-10)19-27-16-14-13-15-17-27/h12-17,21-25,28,30-32H,11,18-20H2,1-10H3,(H,39,45)(H,41,44)/t23?,24-,25-,28+,30+,31+,32-/m0/s1. The number of esters is 2. The molecule has 276 valence electrons. The molecule has 50 heavy (non-hydrogen) atoms. The maximum atomic E-state index is 14.0. The van der Waals surface area contributed by atoms with Crippen LogP contribution in [0.5, 0.6) is 0 Å². The summed E-state index contributed by atoms with van der Waals surface area (Å²) in [6.45, 7) is 14.3. The first-order valence-corrected chi connectivity index (χ1v) is 18.1. The number of benzene rings is 1. The number of nitrogens with zero attached hydrogens (tertiary/aromatic N) is 3. The predicted octanol–water partition coefficient (Wildman–Crippen LogP) is 5.17. The molecular formula is C37H55N5O7S. The van der Waals surface area contributed by atoms with Gasteiger partial charge in [-0.1, -0.05) is 71.4 Å². The Balaban J connectivity index is 2.33. The highest BCUT2D eigenvalue weighted by Gasteiger charge is 2.36. The highest BCUT2D eigenvalue weighted by molar-refractivity contribution is 7.09. The quantitative estimate of drug-likeness (QED) is 0.149. The predicted molar refractivity (Wildman–Crippen MR) is 195 cm³/mol. The van der Waals surface area contributed by atoms with Crippen molar-refractivity contribution in [1.82, 2.24) is 20.5 Å². The Morgan fingerprint density at radius 1 is 1.02 bits per heavy atom. The van der Waals surface area contributed by atoms with Crippen molar-refractivity contribution in [2.75, 3.05) is 14.2 Å². The molecule has 13 heteroatoms. The van der Waals surface area contributed by atoms with Crippen LogP contribution in [0.3, 0.4) is 0 Å². The van der Waals surface area contributed by atoms with E-state index in [0.29, 0.717) is 24.3 Å². The fourth-order valence-electron chi connectivity index (χ4n) is 5.74. The molecule has 0 aliphatic rings. The maximum absolute atomic E-state index is 14.0. The lowest BCUT2D eigenvalue weighted by molar-refractivity contribution is -0.149. The minimum Gasteiger partial charge on any atom is -0.469 e. The van der Waals surface area contributed by atoms with Gasteiger partial charge in [0, 0.05) is 37.9 Å². The number of ether oxygens (including phenoxy) is 2. The number of methoxy groups -OCH3 is 1. The smallest absolute Gasteiger partial charge is 0.308 e. The summed E-state index contributed by atoms with van der Waals surface area (Å²) in [5, 5.41) is 7.96. The van der Waals surface area contributed by atoms with Gasteiger partial charge in [-0.15, -0.1) is 11.3 Å². The Kier molecular flexibility index (Phi) is 17.3. The average Bonchev–Trinajstić information content (AvgIpc) is 3.58. The van der Waals surface area contributed by atoms with Crippen LogP contribution < -0.4 is 10.6 Å². The molecule has 0 bridgehead atoms. The molecule has 0 aliphatic heterocycles. The average molecular weight is 714 g/mol. The third-order valence-corrected chi connectivity index (χ3v) is 9.78. The highest BCUT2D eigenvalue weighted by atomic mass is 32.1. The van der Waals surface area contributed by atoms with Crippen LogP contribution in [0.4, 0.5) is 0 Å². The van der Waals surface area contributed by atoms with E-state index in [2.05, 4.69) is 20.6 Å². The summed E-state index contributed by atoms with van der Waals surface area (Å²) in [7, 11) is 3.03. The van der Waals surface area contributed by atoms with Crippen molar-refractivity contribution in [3.63, 3.8) is 0 Å². The second kappa shape index (κ2) is 20.5. The number of likely N-dealkylation sites (N-methyl/N-ethyl adjacent to an activating group) is 1. The first kappa shape index (κ1) is 42.0. The number of hydrogen-bond acceptors (Lipinski definition) is 10. The first-order valence-electron chi connectivity index (χ1n) is 17.2. The van der Waals surface area contributed by atoms with Gasteiger partial charge in [-0.05, 0) is 50.3 Å². The Hall–Kier alpha value is -4.13. The molecule has 0 aliphatic carbocycles. The van der Waals surface area contributed by atoms with E-state index in [1.165, 1.54) is 25.4 Å². The number of carbonyl (C=O) groups is 5. The summed E-state index contributed by atoms with van der Waals surface area (Å²) < 4.78 is 10.7. The molecule has 1 unspecified atom stereocenters. The molecule has 0 radical (unpaired) electrons. The van der Waals surface area contributed by atoms with Gasteiger partial charge >= 0.3 is 11.9 Å². The number of nitrogens with one attached hydrogen (secondary N) is 2. The van der Waals surface area contributed by atoms with Gasteiger partial charge in [-0.2, -0.15) is 0 Å². The first-order chi connectivity index (χ1) is 23.6. The third kappa shape index (κ3) is 12.6. The lowest BCUT2D eigenvalue weighted by Gasteiger charge is -2.37. The van der Waals surface area contributed by atoms with Gasteiger partial charge in [-0.25, -0.2) is 4.98 Å². The Morgan fingerprint density at radius 3 is 2.24 bits per heavy atom. The molecular weight excluding hydrogens is 659 g/mol. The van der Waals surface area contributed by atoms with Gasteiger partial charge < -0.3 is 25.0 Å². The second-order valence-electron chi connectivity index (χ2n) is 13.1. The van der Waals surface area contributed by atoms with Gasteiger partial charge in [0.05, 0.1) is 13.0 Å². The zero-order chi connectivity index (χ0) is 37.5. The normalized spacial score (nSPS) is 15.7. The Labute approximate surface area is 300 Å². The largest absolute Gasteiger partial charge is 0.469 e. The van der Waals surface area contributed by atoms with Crippen molar-refractivity contribution in [3.8, 4) is 0 Å². The summed E-state index contributed by atoms with van der Waals surface area (Å²) in [6.07, 6.45) is 2.47. The van der Waals surface area contributed by atoms with Crippen LogP contribution in [0.1, 0.15) is 102 Å². The van der Waals surface area contributed by atoms with Crippen LogP contribution in [0.2, 0.25) is 0 Å². The van der Waals surface area contributed by atoms with Crippen molar-refractivity contribution in [2.24, 2.45) is 22.7 Å². The van der Waals surface area contributed by atoms with Crippen LogP contribution in [0.25, 0.3) is 0 Å². The van der Waals surface area contributed by atoms with E-state index in [9.17, 15) is 24.0 Å². The Morgan fingerprint density at radius 2 is 1.68 bits per heavy atom. The molecule has 12 nitrogen and oxygen atoms in total. The number of aromatic nitrogens is 1. The lowest BCUT2D eigenvalue weighted by atomic mass is 9.93. The summed E-state index contributed by atoms with van der Waals surface area (Å²) in [5.74, 6) is -2.56. The molecule has 3 amide bonds. The number of aliphatic imine (C=N–C) groups is 1. The SMILES string of the molecule is CC=N[C@@H](C)C(=O)N[C@H](C(=O)N(C)[C@H](C[C@@H](OC(C)=O)c1nc(C(=O)N[C@@H](Cc2ccccc2)C[C@H](C)C(=O)OC)cs1)C(C)C)C(C)CC. The molecule has 0 fully saturated rings. The molecule has 1 heterocycles. The van der Waals surface area contributed by atoms with Gasteiger partial charge in [0.15, 0.2) is 6.10 Å². The van der Waals surface area contributed by atoms with Crippen molar-refractivity contribution in [1.29, 1.82) is 0 Å². The minimum absolute atomic E-state index is 0.0582. The van der Waals surface area contributed by atoms with E-state index in [1.54, 1.807) is 44.3 Å². The molecule has 7 atom stereocenters. The summed E-state index contributed by atoms with van der Waals surface area (Å²) in [6, 6.07) is 7.46. The Bertz CT molecular complexity index is 1450. The van der Waals surface area contributed by atoms with Crippen molar-refractivity contribution >= 4 is 47.2 Å². The van der Waals surface area contributed by atoms with Crippen LogP contribution >= 0.6 is 11.3 Å². The molecule has 2 N–H and O–H groups in total. The minimum atomic E-state index is -0.836. The molecule has 1 aromatic heterocycles. The van der Waals surface area contributed by atoms with E-state index in [0.717, 1.165) is 5.56 Å². The van der Waals surface area contributed by atoms with Gasteiger partial charge in [-0.3, -0.25) is 29.0 Å². The zero-order valence-electron chi connectivity index (χ0n) is 31.1. The molecule has 2 rings (SSSR count). The van der Waals surface area contributed by atoms with E-state index in [-0.39, 0.29) is 47.8 Å². The van der Waals surface area contributed by atoms with Crippen LogP contribution in [0.15, 0.2) is 40.7 Å². The topological polar surface area (TPSA) is 156 Å². The maximum Gasteiger partial charge on any atom is 0.308 e. The number of hydrogen-bond donors (Lipinski definition) is 2. The van der Waals surface area contributed by atoms with E-state index in [1.807, 2.05) is 58.0 Å². The number of thiazole rings is 1. The van der Waals surface area contributed by atoms with Gasteiger partial charge in [0.1, 0.15) is 22.8 Å². The zero-order valence-corrected chi connectivity index (χ0v) is 31.9. The van der Waals surface area contributed by atoms with Crippen molar-refractivity contribution in [3.05, 3.63) is 52.0 Å². The molecule has 2 aromatic rings. The number of carbonyl (C=O) groups excluding carboxylic acids is 5. The summed E-state index contributed by atoms with van der Waals surface area (Å²) >= 11 is 1.19. The van der Waals surface area contributed by atoms with Crippen LogP contribution in [-0.2, 0) is 35.1 Å². The third-order valence-electron chi connectivity index (χ3n) is 8.84. The molecule has 1 aromatic carbocycles. The van der Waals surface area contributed by atoms with Crippen LogP contribution in [0, 0.1) is 17.8 Å². The van der Waals surface area contributed by atoms with Gasteiger partial charge in [0.25, 0.3) is 5.91 Å². The fourth-order valence-corrected chi connectivity index (χ4v) is 6.58. The van der Waals surface area contributed by atoms with Gasteiger partial charge in [0.2, 0.25) is 11.8 Å². The van der Waals surface area contributed by atoms with Crippen molar-refractivity contribution in [2.45, 2.75) is 111 Å². The van der Waals surface area contributed by atoms with E-state index >= 15 is 0 Å². The number of rotatable bonds is 19. The van der Waals surface area contributed by atoms with Crippen LogP contribution in [-0.4, -0.2) is 84.1 Å². The molecule has 0 saturated carbocycles. The fraction of sp³-hybridized carbons (Fsp3) is 0.595. The highest BCUT2D eigenvalue weighted by Crippen LogP contribution is 2.31. The lowest BCUT2D eigenvalue weighted by Crippen LogP contribution is -2.55. The number of amides is 3. The summed E-state index contributed by atoms with van der Waals surface area (Å²) in [4.78, 5) is 75.2. The summed E-state index contributed by atoms with van der Waals surface area (Å²) in [5.41, 5.74) is 1.15. The second-order valence-corrected chi connectivity index (χ2v) is 14.0. The van der Waals surface area contributed by atoms with E-state index < -0.39 is 42.0 Å². The van der Waals surface area contributed by atoms with E-state index in [4.69, 9.17) is 9.47 Å². The molecule has 0 spiro atoms. The monoisotopic (exact) mass is 713 g/mol.